The Hall–Kier alpha value is -2.04. The van der Waals surface area contributed by atoms with Gasteiger partial charge in [-0.25, -0.2) is 14.4 Å². The Morgan fingerprint density at radius 2 is 2.27 bits per heavy atom. The summed E-state index contributed by atoms with van der Waals surface area (Å²) in [6.45, 7) is 1.38. The molecule has 4 nitrogen and oxygen atoms in total. The highest BCUT2D eigenvalue weighted by Crippen LogP contribution is 2.07. The number of halogens is 1. The lowest BCUT2D eigenvalue weighted by Crippen LogP contribution is -1.93. The van der Waals surface area contributed by atoms with Crippen LogP contribution in [0.2, 0.25) is 0 Å². The molecule has 15 heavy (non-hydrogen) atoms. The van der Waals surface area contributed by atoms with E-state index >= 15 is 0 Å². The first kappa shape index (κ1) is 9.51. The topological polar surface area (TPSA) is 43.6 Å². The van der Waals surface area contributed by atoms with E-state index in [-0.39, 0.29) is 5.83 Å². The van der Waals surface area contributed by atoms with Gasteiger partial charge in [0, 0.05) is 18.6 Å². The molecule has 76 valence electrons. The number of aromatic nitrogens is 4. The fourth-order valence-electron chi connectivity index (χ4n) is 1.17. The predicted octanol–water partition coefficient (Wildman–Crippen LogP) is 1.99. The molecule has 0 fully saturated rings. The molecule has 0 atom stereocenters. The monoisotopic (exact) mass is 204 g/mol. The van der Waals surface area contributed by atoms with E-state index in [1.54, 1.807) is 35.7 Å². The van der Waals surface area contributed by atoms with Gasteiger partial charge in [-0.05, 0) is 13.0 Å². The first-order chi connectivity index (χ1) is 7.25. The average Bonchev–Trinajstić information content (AvgIpc) is 2.67. The molecule has 2 heterocycles. The van der Waals surface area contributed by atoms with E-state index in [0.717, 1.165) is 0 Å². The van der Waals surface area contributed by atoms with Crippen molar-refractivity contribution >= 4 is 6.08 Å². The molecule has 0 N–H and O–H groups in total. The van der Waals surface area contributed by atoms with Gasteiger partial charge in [0.1, 0.15) is 6.33 Å². The molecule has 0 aliphatic rings. The fraction of sp³-hybridized carbons (Fsp3) is 0.100. The average molecular weight is 204 g/mol. The summed E-state index contributed by atoms with van der Waals surface area (Å²) in [7, 11) is 0. The maximum absolute atomic E-state index is 12.6. The van der Waals surface area contributed by atoms with Crippen LogP contribution in [0.4, 0.5) is 4.39 Å². The van der Waals surface area contributed by atoms with Crippen LogP contribution in [0.3, 0.4) is 0 Å². The quantitative estimate of drug-likeness (QED) is 0.751. The van der Waals surface area contributed by atoms with Crippen molar-refractivity contribution in [2.45, 2.75) is 6.92 Å². The molecule has 0 aliphatic heterocycles. The standard InChI is InChI=1S/C10H9FN4/c1-8(11)4-9-6-15(7-14-9)10-5-12-2-3-13-10/h2-7H,1H3/b8-4+. The van der Waals surface area contributed by atoms with Gasteiger partial charge >= 0.3 is 0 Å². The first-order valence-electron chi connectivity index (χ1n) is 4.40. The van der Waals surface area contributed by atoms with Crippen molar-refractivity contribution in [3.8, 4) is 5.82 Å². The van der Waals surface area contributed by atoms with Gasteiger partial charge in [0.25, 0.3) is 0 Å². The number of imidazole rings is 1. The van der Waals surface area contributed by atoms with E-state index in [4.69, 9.17) is 0 Å². The largest absolute Gasteiger partial charge is 0.289 e. The van der Waals surface area contributed by atoms with E-state index < -0.39 is 0 Å². The van der Waals surface area contributed by atoms with Gasteiger partial charge in [-0.3, -0.25) is 9.55 Å². The molecule has 2 aromatic rings. The van der Waals surface area contributed by atoms with Gasteiger partial charge in [-0.2, -0.15) is 0 Å². The van der Waals surface area contributed by atoms with E-state index in [2.05, 4.69) is 15.0 Å². The third-order valence-electron chi connectivity index (χ3n) is 1.76. The van der Waals surface area contributed by atoms with Crippen molar-refractivity contribution in [2.24, 2.45) is 0 Å². The van der Waals surface area contributed by atoms with Gasteiger partial charge in [0.05, 0.1) is 17.7 Å². The molecule has 2 aromatic heterocycles. The summed E-state index contributed by atoms with van der Waals surface area (Å²) >= 11 is 0. The van der Waals surface area contributed by atoms with Gasteiger partial charge in [0.15, 0.2) is 5.82 Å². The number of rotatable bonds is 2. The zero-order valence-corrected chi connectivity index (χ0v) is 8.13. The second-order valence-corrected chi connectivity index (χ2v) is 3.00. The summed E-state index contributed by atoms with van der Waals surface area (Å²) in [5, 5.41) is 0. The lowest BCUT2D eigenvalue weighted by atomic mass is 10.4. The van der Waals surface area contributed by atoms with E-state index in [0.29, 0.717) is 11.5 Å². The minimum Gasteiger partial charge on any atom is -0.289 e. The van der Waals surface area contributed by atoms with Crippen LogP contribution in [0.1, 0.15) is 12.6 Å². The maximum atomic E-state index is 12.6. The Bertz CT molecular complexity index is 471. The molecule has 0 aliphatic carbocycles. The minimum atomic E-state index is -0.278. The highest BCUT2D eigenvalue weighted by molar-refractivity contribution is 5.45. The van der Waals surface area contributed by atoms with Gasteiger partial charge in [-0.1, -0.05) is 0 Å². The molecular weight excluding hydrogens is 195 g/mol. The van der Waals surface area contributed by atoms with Crippen LogP contribution in [0.25, 0.3) is 11.9 Å². The molecule has 0 unspecified atom stereocenters. The SMILES string of the molecule is C/C(F)=C\c1cn(-c2cnccn2)cn1. The smallest absolute Gasteiger partial charge is 0.156 e. The Labute approximate surface area is 86.1 Å². The first-order valence-corrected chi connectivity index (χ1v) is 4.40. The van der Waals surface area contributed by atoms with Crippen molar-refractivity contribution in [2.75, 3.05) is 0 Å². The molecular formula is C10H9FN4. The summed E-state index contributed by atoms with van der Waals surface area (Å²) < 4.78 is 14.3. The zero-order chi connectivity index (χ0) is 10.7. The summed E-state index contributed by atoms with van der Waals surface area (Å²) in [4.78, 5) is 12.0. The molecule has 0 aromatic carbocycles. The molecule has 0 radical (unpaired) electrons. The Morgan fingerprint density at radius 1 is 1.40 bits per heavy atom. The second-order valence-electron chi connectivity index (χ2n) is 3.00. The van der Waals surface area contributed by atoms with Crippen molar-refractivity contribution in [1.29, 1.82) is 0 Å². The van der Waals surface area contributed by atoms with Crippen molar-refractivity contribution in [3.05, 3.63) is 42.6 Å². The van der Waals surface area contributed by atoms with Crippen LogP contribution < -0.4 is 0 Å². The molecule has 0 saturated heterocycles. The highest BCUT2D eigenvalue weighted by Gasteiger charge is 1.99. The third kappa shape index (κ3) is 2.25. The summed E-state index contributed by atoms with van der Waals surface area (Å²) in [6.07, 6.45) is 9.40. The number of nitrogens with zero attached hydrogens (tertiary/aromatic N) is 4. The van der Waals surface area contributed by atoms with Gasteiger partial charge < -0.3 is 0 Å². The number of allylic oxidation sites excluding steroid dienone is 1. The molecule has 0 bridgehead atoms. The Kier molecular flexibility index (Phi) is 2.53. The maximum Gasteiger partial charge on any atom is 0.156 e. The normalized spacial score (nSPS) is 11.7. The van der Waals surface area contributed by atoms with Crippen LogP contribution in [-0.2, 0) is 0 Å². The van der Waals surface area contributed by atoms with Crippen molar-refractivity contribution in [1.82, 2.24) is 19.5 Å². The van der Waals surface area contributed by atoms with E-state index in [1.165, 1.54) is 13.0 Å². The summed E-state index contributed by atoms with van der Waals surface area (Å²) in [6, 6.07) is 0. The minimum absolute atomic E-state index is 0.278. The van der Waals surface area contributed by atoms with Crippen LogP contribution in [0.15, 0.2) is 36.9 Å². The lowest BCUT2D eigenvalue weighted by Gasteiger charge is -1.96. The fourth-order valence-corrected chi connectivity index (χ4v) is 1.17. The van der Waals surface area contributed by atoms with Crippen LogP contribution >= 0.6 is 0 Å². The number of hydrogen-bond donors (Lipinski definition) is 0. The summed E-state index contributed by atoms with van der Waals surface area (Å²) in [5.74, 6) is 0.376. The van der Waals surface area contributed by atoms with Crippen molar-refractivity contribution < 1.29 is 4.39 Å². The van der Waals surface area contributed by atoms with Crippen LogP contribution in [-0.4, -0.2) is 19.5 Å². The molecule has 0 spiro atoms. The molecule has 0 saturated carbocycles. The third-order valence-corrected chi connectivity index (χ3v) is 1.76. The Morgan fingerprint density at radius 3 is 2.93 bits per heavy atom. The van der Waals surface area contributed by atoms with E-state index in [1.807, 2.05) is 0 Å². The predicted molar refractivity (Wildman–Crippen MR) is 53.9 cm³/mol. The Balaban J connectivity index is 2.32. The van der Waals surface area contributed by atoms with Crippen molar-refractivity contribution in [3.63, 3.8) is 0 Å². The van der Waals surface area contributed by atoms with Crippen LogP contribution in [0, 0.1) is 0 Å². The molecule has 5 heteroatoms. The van der Waals surface area contributed by atoms with Crippen LogP contribution in [0.5, 0.6) is 0 Å². The van der Waals surface area contributed by atoms with E-state index in [9.17, 15) is 4.39 Å². The zero-order valence-electron chi connectivity index (χ0n) is 8.13. The number of hydrogen-bond acceptors (Lipinski definition) is 3. The van der Waals surface area contributed by atoms with Gasteiger partial charge in [-0.15, -0.1) is 0 Å². The van der Waals surface area contributed by atoms with Gasteiger partial charge in [0.2, 0.25) is 0 Å². The lowest BCUT2D eigenvalue weighted by molar-refractivity contribution is 0.648. The molecule has 0 amide bonds. The summed E-state index contributed by atoms with van der Waals surface area (Å²) in [5.41, 5.74) is 0.556. The molecule has 2 rings (SSSR count). The highest BCUT2D eigenvalue weighted by atomic mass is 19.1. The second kappa shape index (κ2) is 4.00.